The van der Waals surface area contributed by atoms with Crippen LogP contribution in [0.5, 0.6) is 0 Å². The lowest BCUT2D eigenvalue weighted by atomic mass is 10.1. The van der Waals surface area contributed by atoms with Crippen molar-refractivity contribution < 1.29 is 8.42 Å². The molecule has 1 rings (SSSR count). The molecule has 0 radical (unpaired) electrons. The average molecular weight is 274 g/mol. The van der Waals surface area contributed by atoms with Gasteiger partial charge in [-0.05, 0) is 20.8 Å². The number of nitrogens with one attached hydrogen (secondary N) is 2. The molecule has 0 aliphatic carbocycles. The summed E-state index contributed by atoms with van der Waals surface area (Å²) in [5.41, 5.74) is 1.72. The lowest BCUT2D eigenvalue weighted by Gasteiger charge is -2.25. The van der Waals surface area contributed by atoms with Crippen molar-refractivity contribution >= 4 is 10.0 Å². The first-order chi connectivity index (χ1) is 8.11. The summed E-state index contributed by atoms with van der Waals surface area (Å²) >= 11 is 0. The van der Waals surface area contributed by atoms with Gasteiger partial charge in [-0.15, -0.1) is 0 Å². The number of hydrogen-bond donors (Lipinski definition) is 2. The topological polar surface area (TPSA) is 76.0 Å². The number of sulfonamides is 1. The second-order valence-corrected chi connectivity index (χ2v) is 6.99. The van der Waals surface area contributed by atoms with Crippen LogP contribution < -0.4 is 10.0 Å². The normalized spacial score (nSPS) is 12.9. The molecule has 0 saturated heterocycles. The van der Waals surface area contributed by atoms with Crippen molar-refractivity contribution in [3.05, 3.63) is 17.5 Å². The molecule has 0 spiro atoms. The summed E-state index contributed by atoms with van der Waals surface area (Å²) in [5, 5.41) is 7.39. The second-order valence-electron chi connectivity index (χ2n) is 5.24. The zero-order valence-electron chi connectivity index (χ0n) is 11.6. The summed E-state index contributed by atoms with van der Waals surface area (Å²) in [5.74, 6) is 0. The van der Waals surface area contributed by atoms with E-state index in [1.165, 1.54) is 6.26 Å². The average Bonchev–Trinajstić information content (AvgIpc) is 2.45. The molecular weight excluding hydrogens is 252 g/mol. The number of nitrogens with zero attached hydrogens (tertiary/aromatic N) is 2. The van der Waals surface area contributed by atoms with Crippen molar-refractivity contribution in [3.8, 4) is 0 Å². The van der Waals surface area contributed by atoms with E-state index in [1.807, 2.05) is 38.7 Å². The van der Waals surface area contributed by atoms with Gasteiger partial charge in [-0.2, -0.15) is 5.10 Å². The second kappa shape index (κ2) is 5.38. The minimum absolute atomic E-state index is 0.510. The molecule has 1 aromatic rings. The fraction of sp³-hybridized carbons (Fsp3) is 0.727. The van der Waals surface area contributed by atoms with Gasteiger partial charge in [0.05, 0.1) is 12.5 Å². The Hall–Kier alpha value is -0.920. The molecule has 0 aliphatic heterocycles. The highest BCUT2D eigenvalue weighted by atomic mass is 32.2. The van der Waals surface area contributed by atoms with E-state index in [4.69, 9.17) is 0 Å². The minimum atomic E-state index is -3.19. The standard InChI is InChI=1S/C11H22N4O2S/c1-9-10(7-13-15(9)4)6-12-8-11(2,3)14-18(5,16)17/h7,12,14H,6,8H2,1-5H3. The first-order valence-corrected chi connectivity index (χ1v) is 7.67. The van der Waals surface area contributed by atoms with Crippen LogP contribution in [-0.2, 0) is 23.6 Å². The van der Waals surface area contributed by atoms with Crippen molar-refractivity contribution in [1.82, 2.24) is 19.8 Å². The number of rotatable bonds is 6. The maximum Gasteiger partial charge on any atom is 0.209 e. The Kier molecular flexibility index (Phi) is 4.52. The molecule has 18 heavy (non-hydrogen) atoms. The molecule has 2 N–H and O–H groups in total. The van der Waals surface area contributed by atoms with E-state index in [0.29, 0.717) is 13.1 Å². The quantitative estimate of drug-likeness (QED) is 0.774. The van der Waals surface area contributed by atoms with Crippen molar-refractivity contribution in [2.75, 3.05) is 12.8 Å². The van der Waals surface area contributed by atoms with Crippen LogP contribution in [-0.4, -0.2) is 36.5 Å². The van der Waals surface area contributed by atoms with Crippen LogP contribution in [0.2, 0.25) is 0 Å². The highest BCUT2D eigenvalue weighted by molar-refractivity contribution is 7.88. The Morgan fingerprint density at radius 1 is 1.44 bits per heavy atom. The van der Waals surface area contributed by atoms with Crippen LogP contribution in [0.25, 0.3) is 0 Å². The van der Waals surface area contributed by atoms with E-state index >= 15 is 0 Å². The highest BCUT2D eigenvalue weighted by Crippen LogP contribution is 2.06. The van der Waals surface area contributed by atoms with E-state index in [9.17, 15) is 8.42 Å². The van der Waals surface area contributed by atoms with E-state index < -0.39 is 15.6 Å². The zero-order valence-corrected chi connectivity index (χ0v) is 12.4. The molecule has 0 saturated carbocycles. The Balaban J connectivity index is 2.49. The number of aromatic nitrogens is 2. The van der Waals surface area contributed by atoms with Gasteiger partial charge in [0.15, 0.2) is 0 Å². The third-order valence-corrected chi connectivity index (χ3v) is 3.60. The zero-order chi connectivity index (χ0) is 14.0. The largest absolute Gasteiger partial charge is 0.311 e. The van der Waals surface area contributed by atoms with Crippen molar-refractivity contribution in [2.24, 2.45) is 7.05 Å². The summed E-state index contributed by atoms with van der Waals surface area (Å²) < 4.78 is 26.8. The molecule has 1 aromatic heterocycles. The molecule has 104 valence electrons. The molecule has 7 heteroatoms. The molecule has 0 fully saturated rings. The molecular formula is C11H22N4O2S. The first kappa shape index (κ1) is 15.1. The van der Waals surface area contributed by atoms with Gasteiger partial charge in [0.1, 0.15) is 0 Å². The van der Waals surface area contributed by atoms with Gasteiger partial charge in [-0.25, -0.2) is 13.1 Å². The van der Waals surface area contributed by atoms with Crippen molar-refractivity contribution in [2.45, 2.75) is 32.9 Å². The van der Waals surface area contributed by atoms with Crippen LogP contribution in [0.15, 0.2) is 6.20 Å². The Bertz CT molecular complexity index is 505. The summed E-state index contributed by atoms with van der Waals surface area (Å²) in [6.07, 6.45) is 2.99. The van der Waals surface area contributed by atoms with Crippen molar-refractivity contribution in [3.63, 3.8) is 0 Å². The molecule has 0 atom stereocenters. The molecule has 1 heterocycles. The van der Waals surface area contributed by atoms with Gasteiger partial charge in [-0.1, -0.05) is 0 Å². The lowest BCUT2D eigenvalue weighted by molar-refractivity contribution is 0.420. The van der Waals surface area contributed by atoms with Crippen molar-refractivity contribution in [1.29, 1.82) is 0 Å². The van der Waals surface area contributed by atoms with Crippen LogP contribution in [0.1, 0.15) is 25.1 Å². The fourth-order valence-electron chi connectivity index (χ4n) is 1.77. The predicted molar refractivity (Wildman–Crippen MR) is 71.7 cm³/mol. The van der Waals surface area contributed by atoms with Crippen LogP contribution in [0.3, 0.4) is 0 Å². The first-order valence-electron chi connectivity index (χ1n) is 5.78. The van der Waals surface area contributed by atoms with E-state index in [2.05, 4.69) is 15.1 Å². The van der Waals surface area contributed by atoms with Crippen LogP contribution in [0, 0.1) is 6.92 Å². The van der Waals surface area contributed by atoms with Gasteiger partial charge in [0, 0.05) is 36.9 Å². The number of aryl methyl sites for hydroxylation is 1. The molecule has 0 bridgehead atoms. The summed E-state index contributed by atoms with van der Waals surface area (Å²) in [7, 11) is -1.29. The van der Waals surface area contributed by atoms with Gasteiger partial charge in [-0.3, -0.25) is 4.68 Å². The molecule has 0 aliphatic rings. The highest BCUT2D eigenvalue weighted by Gasteiger charge is 2.21. The Morgan fingerprint density at radius 3 is 2.50 bits per heavy atom. The predicted octanol–water partition coefficient (Wildman–Crippen LogP) is 0.146. The van der Waals surface area contributed by atoms with E-state index in [1.54, 1.807) is 0 Å². The SMILES string of the molecule is Cc1c(CNCC(C)(C)NS(C)(=O)=O)cnn1C. The third kappa shape index (κ3) is 4.75. The summed E-state index contributed by atoms with van der Waals surface area (Å²) in [6, 6.07) is 0. The molecule has 0 aromatic carbocycles. The van der Waals surface area contributed by atoms with Crippen LogP contribution in [0.4, 0.5) is 0 Å². The Morgan fingerprint density at radius 2 is 2.06 bits per heavy atom. The Labute approximate surface area is 109 Å². The monoisotopic (exact) mass is 274 g/mol. The number of hydrogen-bond acceptors (Lipinski definition) is 4. The fourth-order valence-corrected chi connectivity index (χ4v) is 2.84. The summed E-state index contributed by atoms with van der Waals surface area (Å²) in [4.78, 5) is 0. The minimum Gasteiger partial charge on any atom is -0.311 e. The van der Waals surface area contributed by atoms with E-state index in [-0.39, 0.29) is 0 Å². The van der Waals surface area contributed by atoms with E-state index in [0.717, 1.165) is 11.3 Å². The lowest BCUT2D eigenvalue weighted by Crippen LogP contribution is -2.49. The van der Waals surface area contributed by atoms with Gasteiger partial charge >= 0.3 is 0 Å². The molecule has 6 nitrogen and oxygen atoms in total. The summed E-state index contributed by atoms with van der Waals surface area (Å²) in [6.45, 7) is 6.92. The van der Waals surface area contributed by atoms with Crippen LogP contribution >= 0.6 is 0 Å². The third-order valence-electron chi connectivity index (χ3n) is 2.68. The molecule has 0 unspecified atom stereocenters. The maximum absolute atomic E-state index is 11.2. The molecule has 0 amide bonds. The maximum atomic E-state index is 11.2. The van der Waals surface area contributed by atoms with Gasteiger partial charge in [0.25, 0.3) is 0 Å². The smallest absolute Gasteiger partial charge is 0.209 e. The van der Waals surface area contributed by atoms with Gasteiger partial charge in [0.2, 0.25) is 10.0 Å². The van der Waals surface area contributed by atoms with Gasteiger partial charge < -0.3 is 5.32 Å².